The van der Waals surface area contributed by atoms with E-state index in [1.165, 1.54) is 17.7 Å². The molecule has 0 fully saturated rings. The topological polar surface area (TPSA) is 30.5 Å². The maximum atomic E-state index is 13.0. The smallest absolute Gasteiger partial charge is 0.161 e. The van der Waals surface area contributed by atoms with Crippen LogP contribution in [0.1, 0.15) is 16.7 Å². The van der Waals surface area contributed by atoms with Crippen LogP contribution in [0.25, 0.3) is 0 Å². The van der Waals surface area contributed by atoms with E-state index in [-0.39, 0.29) is 5.82 Å². The normalized spacial score (nSPS) is 10.4. The molecule has 0 aliphatic carbocycles. The second-order valence-corrected chi connectivity index (χ2v) is 6.12. The minimum absolute atomic E-state index is 0.253. The monoisotopic (exact) mass is 351 g/mol. The summed E-state index contributed by atoms with van der Waals surface area (Å²) in [5.74, 6) is 1.09. The van der Waals surface area contributed by atoms with Gasteiger partial charge < -0.3 is 14.8 Å². The van der Waals surface area contributed by atoms with Gasteiger partial charge in [0.25, 0.3) is 0 Å². The zero-order chi connectivity index (χ0) is 18.4. The molecule has 0 radical (unpaired) electrons. The van der Waals surface area contributed by atoms with Crippen LogP contribution in [0.4, 0.5) is 10.1 Å². The Balaban J connectivity index is 1.63. The van der Waals surface area contributed by atoms with E-state index in [2.05, 4.69) is 36.5 Å². The molecule has 134 valence electrons. The van der Waals surface area contributed by atoms with Crippen molar-refractivity contribution in [2.75, 3.05) is 12.4 Å². The first kappa shape index (κ1) is 17.8. The van der Waals surface area contributed by atoms with E-state index >= 15 is 0 Å². The van der Waals surface area contributed by atoms with Crippen LogP contribution in [0.2, 0.25) is 0 Å². The number of rotatable bonds is 7. The molecule has 0 unspecified atom stereocenters. The van der Waals surface area contributed by atoms with E-state index in [9.17, 15) is 4.39 Å². The maximum Gasteiger partial charge on any atom is 0.161 e. The number of hydrogen-bond donors (Lipinski definition) is 1. The molecule has 1 N–H and O–H groups in total. The summed E-state index contributed by atoms with van der Waals surface area (Å²) in [6.45, 7) is 3.12. The average Bonchev–Trinajstić information content (AvgIpc) is 2.67. The quantitative estimate of drug-likeness (QED) is 0.624. The number of methoxy groups -OCH3 is 1. The fourth-order valence-electron chi connectivity index (χ4n) is 2.56. The lowest BCUT2D eigenvalue weighted by molar-refractivity contribution is 0.284. The first-order valence-electron chi connectivity index (χ1n) is 8.49. The first-order valence-corrected chi connectivity index (χ1v) is 8.49. The number of hydrogen-bond acceptors (Lipinski definition) is 3. The van der Waals surface area contributed by atoms with Crippen LogP contribution < -0.4 is 14.8 Å². The molecule has 26 heavy (non-hydrogen) atoms. The van der Waals surface area contributed by atoms with Gasteiger partial charge in [0, 0.05) is 12.2 Å². The number of ether oxygens (including phenoxy) is 2. The van der Waals surface area contributed by atoms with Crippen molar-refractivity contribution in [1.29, 1.82) is 0 Å². The van der Waals surface area contributed by atoms with Crippen molar-refractivity contribution >= 4 is 5.69 Å². The summed E-state index contributed by atoms with van der Waals surface area (Å²) in [7, 11) is 1.62. The highest BCUT2D eigenvalue weighted by atomic mass is 19.1. The molecular weight excluding hydrogens is 329 g/mol. The number of aryl methyl sites for hydroxylation is 1. The second kappa shape index (κ2) is 8.39. The van der Waals surface area contributed by atoms with Crippen molar-refractivity contribution < 1.29 is 13.9 Å². The van der Waals surface area contributed by atoms with E-state index in [1.54, 1.807) is 19.2 Å². The lowest BCUT2D eigenvalue weighted by atomic mass is 10.2. The van der Waals surface area contributed by atoms with Gasteiger partial charge in [-0.05, 0) is 54.4 Å². The molecule has 3 rings (SSSR count). The maximum absolute atomic E-state index is 13.0. The zero-order valence-corrected chi connectivity index (χ0v) is 15.0. The largest absolute Gasteiger partial charge is 0.493 e. The van der Waals surface area contributed by atoms with E-state index < -0.39 is 0 Å². The third-order valence-electron chi connectivity index (χ3n) is 4.08. The molecule has 3 nitrogen and oxygen atoms in total. The molecule has 0 aliphatic heterocycles. The summed E-state index contributed by atoms with van der Waals surface area (Å²) in [6, 6.07) is 20.4. The van der Waals surface area contributed by atoms with Crippen molar-refractivity contribution in [3.63, 3.8) is 0 Å². The van der Waals surface area contributed by atoms with Crippen LogP contribution in [-0.4, -0.2) is 7.11 Å². The molecule has 0 atom stereocenters. The van der Waals surface area contributed by atoms with Gasteiger partial charge in [-0.2, -0.15) is 0 Å². The Morgan fingerprint density at radius 1 is 0.846 bits per heavy atom. The van der Waals surface area contributed by atoms with E-state index in [0.29, 0.717) is 24.7 Å². The Kier molecular flexibility index (Phi) is 5.74. The van der Waals surface area contributed by atoms with Crippen molar-refractivity contribution in [3.05, 3.63) is 89.2 Å². The molecule has 0 bridgehead atoms. The zero-order valence-electron chi connectivity index (χ0n) is 15.0. The van der Waals surface area contributed by atoms with E-state index in [4.69, 9.17) is 9.47 Å². The highest BCUT2D eigenvalue weighted by Gasteiger charge is 2.07. The standard InChI is InChI=1S/C22H22FNO2/c1-16-3-10-20(11-4-16)24-14-18-7-12-21(22(13-18)25-2)26-15-17-5-8-19(23)9-6-17/h3-13,24H,14-15H2,1-2H3. The average molecular weight is 351 g/mol. The lowest BCUT2D eigenvalue weighted by Crippen LogP contribution is -2.02. The predicted octanol–water partition coefficient (Wildman–Crippen LogP) is 5.33. The third-order valence-corrected chi connectivity index (χ3v) is 4.08. The van der Waals surface area contributed by atoms with Gasteiger partial charge in [0.2, 0.25) is 0 Å². The van der Waals surface area contributed by atoms with E-state index in [0.717, 1.165) is 16.8 Å². The summed E-state index contributed by atoms with van der Waals surface area (Å²) < 4.78 is 24.2. The van der Waals surface area contributed by atoms with Crippen LogP contribution >= 0.6 is 0 Å². The number of benzene rings is 3. The summed E-state index contributed by atoms with van der Waals surface area (Å²) >= 11 is 0. The van der Waals surface area contributed by atoms with Gasteiger partial charge in [-0.3, -0.25) is 0 Å². The van der Waals surface area contributed by atoms with Gasteiger partial charge in [-0.1, -0.05) is 35.9 Å². The van der Waals surface area contributed by atoms with Crippen molar-refractivity contribution in [1.82, 2.24) is 0 Å². The first-order chi connectivity index (χ1) is 12.6. The number of anilines is 1. The minimum Gasteiger partial charge on any atom is -0.493 e. The summed E-state index contributed by atoms with van der Waals surface area (Å²) in [6.07, 6.45) is 0. The van der Waals surface area contributed by atoms with Gasteiger partial charge >= 0.3 is 0 Å². The Morgan fingerprint density at radius 3 is 2.23 bits per heavy atom. The van der Waals surface area contributed by atoms with Crippen molar-refractivity contribution in [3.8, 4) is 11.5 Å². The third kappa shape index (κ3) is 4.76. The van der Waals surface area contributed by atoms with Crippen LogP contribution in [-0.2, 0) is 13.2 Å². The number of nitrogens with one attached hydrogen (secondary N) is 1. The fourth-order valence-corrected chi connectivity index (χ4v) is 2.56. The molecule has 4 heteroatoms. The SMILES string of the molecule is COc1cc(CNc2ccc(C)cc2)ccc1OCc1ccc(F)cc1. The molecule has 0 aliphatic rings. The summed E-state index contributed by atoms with van der Waals surface area (Å²) in [5, 5.41) is 3.39. The van der Waals surface area contributed by atoms with Crippen molar-refractivity contribution in [2.24, 2.45) is 0 Å². The minimum atomic E-state index is -0.253. The molecule has 0 heterocycles. The molecule has 0 amide bonds. The Hall–Kier alpha value is -3.01. The van der Waals surface area contributed by atoms with Gasteiger partial charge in [-0.15, -0.1) is 0 Å². The number of halogens is 1. The fraction of sp³-hybridized carbons (Fsp3) is 0.182. The van der Waals surface area contributed by atoms with Gasteiger partial charge in [0.1, 0.15) is 12.4 Å². The molecule has 3 aromatic rings. The molecule has 0 spiro atoms. The van der Waals surface area contributed by atoms with Gasteiger partial charge in [0.15, 0.2) is 11.5 Å². The Labute approximate surface area is 153 Å². The van der Waals surface area contributed by atoms with Crippen molar-refractivity contribution in [2.45, 2.75) is 20.1 Å². The Bertz CT molecular complexity index is 845. The summed E-state index contributed by atoms with van der Waals surface area (Å²) in [5.41, 5.74) is 4.31. The van der Waals surface area contributed by atoms with E-state index in [1.807, 2.05) is 18.2 Å². The van der Waals surface area contributed by atoms with Crippen LogP contribution in [0.3, 0.4) is 0 Å². The Morgan fingerprint density at radius 2 is 1.54 bits per heavy atom. The highest BCUT2D eigenvalue weighted by molar-refractivity contribution is 5.47. The molecule has 0 saturated carbocycles. The molecular formula is C22H22FNO2. The lowest BCUT2D eigenvalue weighted by Gasteiger charge is -2.13. The second-order valence-electron chi connectivity index (χ2n) is 6.12. The van der Waals surface area contributed by atoms with Gasteiger partial charge in [-0.25, -0.2) is 4.39 Å². The van der Waals surface area contributed by atoms with Crippen LogP contribution in [0.15, 0.2) is 66.7 Å². The van der Waals surface area contributed by atoms with Gasteiger partial charge in [0.05, 0.1) is 7.11 Å². The van der Waals surface area contributed by atoms with Crippen LogP contribution in [0, 0.1) is 12.7 Å². The predicted molar refractivity (Wildman–Crippen MR) is 102 cm³/mol. The molecule has 3 aromatic carbocycles. The highest BCUT2D eigenvalue weighted by Crippen LogP contribution is 2.29. The van der Waals surface area contributed by atoms with Crippen LogP contribution in [0.5, 0.6) is 11.5 Å². The summed E-state index contributed by atoms with van der Waals surface area (Å²) in [4.78, 5) is 0. The molecule has 0 saturated heterocycles. The molecule has 0 aromatic heterocycles.